The third kappa shape index (κ3) is 7.87. The fourth-order valence-corrected chi connectivity index (χ4v) is 2.15. The van der Waals surface area contributed by atoms with Gasteiger partial charge in [-0.05, 0) is 5.92 Å². The van der Waals surface area contributed by atoms with Crippen LogP contribution in [-0.4, -0.2) is 22.6 Å². The number of hydrogen-bond donors (Lipinski definition) is 1. The number of halogens is 4. The lowest BCUT2D eigenvalue weighted by Crippen LogP contribution is -2.40. The summed E-state index contributed by atoms with van der Waals surface area (Å²) >= 11 is 2.11. The average Bonchev–Trinajstić information content (AvgIpc) is 2.09. The summed E-state index contributed by atoms with van der Waals surface area (Å²) in [5.74, 6) is -0.292. The molecule has 0 aromatic rings. The summed E-state index contributed by atoms with van der Waals surface area (Å²) in [7, 11) is 0. The zero-order valence-electron chi connectivity index (χ0n) is 8.70. The average molecular weight is 337 g/mol. The minimum absolute atomic E-state index is 0.0497. The molecule has 1 unspecified atom stereocenters. The van der Waals surface area contributed by atoms with Gasteiger partial charge in [0.25, 0.3) is 0 Å². The Labute approximate surface area is 101 Å². The molecule has 0 bridgehead atoms. The molecule has 2 nitrogen and oxygen atoms in total. The molecule has 0 aromatic heterocycles. The lowest BCUT2D eigenvalue weighted by molar-refractivity contribution is -0.144. The van der Waals surface area contributed by atoms with Crippen LogP contribution in [0.1, 0.15) is 26.7 Å². The highest BCUT2D eigenvalue weighted by molar-refractivity contribution is 14.1. The Morgan fingerprint density at radius 3 is 2.27 bits per heavy atom. The first-order chi connectivity index (χ1) is 6.76. The second kappa shape index (κ2) is 6.55. The maximum absolute atomic E-state index is 11.8. The van der Waals surface area contributed by atoms with Crippen molar-refractivity contribution in [2.75, 3.05) is 4.43 Å². The molecule has 15 heavy (non-hydrogen) atoms. The smallest absolute Gasteiger partial charge is 0.352 e. The molecule has 1 atom stereocenters. The van der Waals surface area contributed by atoms with Crippen LogP contribution >= 0.6 is 22.6 Å². The SMILES string of the molecule is CC(C)C(CI)NC(=O)CCC(F)(F)F. The quantitative estimate of drug-likeness (QED) is 0.607. The fraction of sp³-hybridized carbons (Fsp3) is 0.889. The van der Waals surface area contributed by atoms with Gasteiger partial charge in [0, 0.05) is 16.9 Å². The summed E-state index contributed by atoms with van der Waals surface area (Å²) < 4.78 is 36.1. The Kier molecular flexibility index (Phi) is 6.54. The predicted octanol–water partition coefficient (Wildman–Crippen LogP) is 2.90. The van der Waals surface area contributed by atoms with Gasteiger partial charge in [-0.3, -0.25) is 4.79 Å². The Bertz CT molecular complexity index is 206. The van der Waals surface area contributed by atoms with E-state index >= 15 is 0 Å². The second-order valence-corrected chi connectivity index (χ2v) is 4.57. The molecule has 0 aliphatic heterocycles. The van der Waals surface area contributed by atoms with E-state index in [1.807, 2.05) is 13.8 Å². The molecule has 0 aliphatic carbocycles. The van der Waals surface area contributed by atoms with E-state index in [4.69, 9.17) is 0 Å². The summed E-state index contributed by atoms with van der Waals surface area (Å²) in [6.45, 7) is 3.85. The number of hydrogen-bond acceptors (Lipinski definition) is 1. The third-order valence-corrected chi connectivity index (χ3v) is 2.90. The lowest BCUT2D eigenvalue weighted by Gasteiger charge is -2.20. The van der Waals surface area contributed by atoms with E-state index in [1.54, 1.807) is 0 Å². The van der Waals surface area contributed by atoms with E-state index in [0.29, 0.717) is 4.43 Å². The zero-order valence-corrected chi connectivity index (χ0v) is 10.9. The van der Waals surface area contributed by atoms with E-state index in [0.717, 1.165) is 0 Å². The second-order valence-electron chi connectivity index (χ2n) is 3.69. The van der Waals surface area contributed by atoms with Crippen molar-refractivity contribution >= 4 is 28.5 Å². The van der Waals surface area contributed by atoms with Crippen LogP contribution in [0.25, 0.3) is 0 Å². The van der Waals surface area contributed by atoms with Crippen molar-refractivity contribution in [1.82, 2.24) is 5.32 Å². The molecular weight excluding hydrogens is 322 g/mol. The van der Waals surface area contributed by atoms with Gasteiger partial charge in [0.1, 0.15) is 0 Å². The van der Waals surface area contributed by atoms with Gasteiger partial charge in [-0.15, -0.1) is 0 Å². The van der Waals surface area contributed by atoms with E-state index in [-0.39, 0.29) is 12.0 Å². The summed E-state index contributed by atoms with van der Waals surface area (Å²) in [5.41, 5.74) is 0. The summed E-state index contributed by atoms with van der Waals surface area (Å²) in [6.07, 6.45) is -5.79. The van der Waals surface area contributed by atoms with Crippen molar-refractivity contribution < 1.29 is 18.0 Å². The zero-order chi connectivity index (χ0) is 12.1. The van der Waals surface area contributed by atoms with Gasteiger partial charge in [0.15, 0.2) is 0 Å². The topological polar surface area (TPSA) is 29.1 Å². The number of carbonyl (C=O) groups excluding carboxylic acids is 1. The molecule has 0 radical (unpaired) electrons. The molecule has 0 saturated heterocycles. The van der Waals surface area contributed by atoms with Crippen LogP contribution in [-0.2, 0) is 4.79 Å². The number of nitrogens with one attached hydrogen (secondary N) is 1. The van der Waals surface area contributed by atoms with Crippen LogP contribution in [0.2, 0.25) is 0 Å². The summed E-state index contributed by atoms with van der Waals surface area (Å²) in [5, 5.41) is 2.59. The largest absolute Gasteiger partial charge is 0.389 e. The molecule has 6 heteroatoms. The van der Waals surface area contributed by atoms with Gasteiger partial charge in [0.05, 0.1) is 6.42 Å². The molecule has 0 fully saturated rings. The number of amides is 1. The highest BCUT2D eigenvalue weighted by Crippen LogP contribution is 2.21. The van der Waals surface area contributed by atoms with Crippen molar-refractivity contribution in [3.63, 3.8) is 0 Å². The van der Waals surface area contributed by atoms with Crippen molar-refractivity contribution in [2.45, 2.75) is 38.9 Å². The maximum atomic E-state index is 11.8. The Morgan fingerprint density at radius 2 is 1.93 bits per heavy atom. The Balaban J connectivity index is 3.92. The molecule has 90 valence electrons. The monoisotopic (exact) mass is 337 g/mol. The van der Waals surface area contributed by atoms with Crippen LogP contribution in [0.5, 0.6) is 0 Å². The van der Waals surface area contributed by atoms with Gasteiger partial charge in [-0.1, -0.05) is 36.4 Å². The van der Waals surface area contributed by atoms with Gasteiger partial charge >= 0.3 is 6.18 Å². The molecule has 1 amide bonds. The van der Waals surface area contributed by atoms with Crippen molar-refractivity contribution in [1.29, 1.82) is 0 Å². The normalized spacial score (nSPS) is 14.1. The first kappa shape index (κ1) is 15.0. The van der Waals surface area contributed by atoms with E-state index in [1.165, 1.54) is 0 Å². The summed E-state index contributed by atoms with van der Waals surface area (Å²) in [4.78, 5) is 11.1. The predicted molar refractivity (Wildman–Crippen MR) is 60.9 cm³/mol. The molecule has 0 heterocycles. The minimum Gasteiger partial charge on any atom is -0.352 e. The van der Waals surface area contributed by atoms with Crippen molar-refractivity contribution in [2.24, 2.45) is 5.92 Å². The van der Waals surface area contributed by atoms with Crippen LogP contribution in [0, 0.1) is 5.92 Å². The first-order valence-electron chi connectivity index (χ1n) is 4.68. The molecule has 0 rings (SSSR count). The van der Waals surface area contributed by atoms with Gasteiger partial charge in [-0.2, -0.15) is 13.2 Å². The summed E-state index contributed by atoms with van der Waals surface area (Å²) in [6, 6.07) is -0.0497. The van der Waals surface area contributed by atoms with E-state index < -0.39 is 24.9 Å². The Hall–Kier alpha value is -0.0100. The van der Waals surface area contributed by atoms with Crippen LogP contribution in [0.15, 0.2) is 0 Å². The maximum Gasteiger partial charge on any atom is 0.389 e. The number of alkyl halides is 4. The van der Waals surface area contributed by atoms with Gasteiger partial charge < -0.3 is 5.32 Å². The highest BCUT2D eigenvalue weighted by atomic mass is 127. The standard InChI is InChI=1S/C9H15F3INO/c1-6(2)7(5-13)14-8(15)3-4-9(10,11)12/h6-7H,3-5H2,1-2H3,(H,14,15). The third-order valence-electron chi connectivity index (χ3n) is 1.95. The van der Waals surface area contributed by atoms with Gasteiger partial charge in [0.2, 0.25) is 5.91 Å². The minimum atomic E-state index is -4.25. The Morgan fingerprint density at radius 1 is 1.40 bits per heavy atom. The van der Waals surface area contributed by atoms with Crippen molar-refractivity contribution in [3.8, 4) is 0 Å². The van der Waals surface area contributed by atoms with Crippen molar-refractivity contribution in [3.05, 3.63) is 0 Å². The molecule has 0 spiro atoms. The fourth-order valence-electron chi connectivity index (χ4n) is 0.918. The highest BCUT2D eigenvalue weighted by Gasteiger charge is 2.28. The van der Waals surface area contributed by atoms with Crippen LogP contribution < -0.4 is 5.32 Å². The molecule has 0 saturated carbocycles. The molecular formula is C9H15F3INO. The van der Waals surface area contributed by atoms with Crippen LogP contribution in [0.3, 0.4) is 0 Å². The molecule has 0 aliphatic rings. The van der Waals surface area contributed by atoms with Crippen LogP contribution in [0.4, 0.5) is 13.2 Å². The van der Waals surface area contributed by atoms with Gasteiger partial charge in [-0.25, -0.2) is 0 Å². The lowest BCUT2D eigenvalue weighted by atomic mass is 10.1. The number of carbonyl (C=O) groups is 1. The molecule has 0 aromatic carbocycles. The van der Waals surface area contributed by atoms with E-state index in [2.05, 4.69) is 27.9 Å². The molecule has 1 N–H and O–H groups in total. The number of rotatable bonds is 5. The first-order valence-corrected chi connectivity index (χ1v) is 6.21. The van der Waals surface area contributed by atoms with E-state index in [9.17, 15) is 18.0 Å².